The van der Waals surface area contributed by atoms with Crippen LogP contribution >= 0.6 is 0 Å². The van der Waals surface area contributed by atoms with Gasteiger partial charge in [-0.3, -0.25) is 0 Å². The molecule has 0 aliphatic carbocycles. The Morgan fingerprint density at radius 3 is 1.76 bits per heavy atom. The van der Waals surface area contributed by atoms with Gasteiger partial charge in [-0.1, -0.05) is 54.6 Å². The number of hydrogen-bond donors (Lipinski definition) is 2. The van der Waals surface area contributed by atoms with E-state index in [9.17, 15) is 10.2 Å². The van der Waals surface area contributed by atoms with Gasteiger partial charge in [0.05, 0.1) is 17.6 Å². The lowest BCUT2D eigenvalue weighted by Gasteiger charge is -2.25. The maximum absolute atomic E-state index is 10.2. The summed E-state index contributed by atoms with van der Waals surface area (Å²) in [5.74, 6) is 2.66. The van der Waals surface area contributed by atoms with Crippen molar-refractivity contribution in [2.75, 3.05) is 6.61 Å². The predicted octanol–water partition coefficient (Wildman–Crippen LogP) is 6.14. The van der Waals surface area contributed by atoms with Gasteiger partial charge in [0.15, 0.2) is 0 Å². The molecule has 4 rings (SSSR count). The first-order valence-corrected chi connectivity index (χ1v) is 12.8. The monoisotopic (exact) mass is 504 g/mol. The van der Waals surface area contributed by atoms with E-state index in [0.29, 0.717) is 23.9 Å². The average Bonchev–Trinajstić information content (AvgIpc) is 2.89. The van der Waals surface area contributed by atoms with Gasteiger partial charge in [0, 0.05) is 16.2 Å². The summed E-state index contributed by atoms with van der Waals surface area (Å²) in [6.45, 7) is 9.36. The van der Waals surface area contributed by atoms with E-state index >= 15 is 0 Å². The molecule has 0 saturated carbocycles. The topological polar surface area (TPSA) is 77.4 Å². The zero-order valence-corrected chi connectivity index (χ0v) is 22.0. The Kier molecular flexibility index (Phi) is 8.41. The Morgan fingerprint density at radius 1 is 0.595 bits per heavy atom. The molecule has 6 heteroatoms. The summed E-state index contributed by atoms with van der Waals surface area (Å²) in [5.41, 5.74) is 0. The molecule has 37 heavy (non-hydrogen) atoms. The first-order chi connectivity index (χ1) is 17.8. The lowest BCUT2D eigenvalue weighted by molar-refractivity contribution is 0.0609. The van der Waals surface area contributed by atoms with Crippen molar-refractivity contribution in [2.45, 2.75) is 65.1 Å². The highest BCUT2D eigenvalue weighted by molar-refractivity contribution is 6.13. The molecule has 0 amide bonds. The van der Waals surface area contributed by atoms with Gasteiger partial charge in [-0.25, -0.2) is 0 Å². The maximum atomic E-state index is 10.2. The van der Waals surface area contributed by atoms with Crippen LogP contribution in [0, 0.1) is 0 Å². The summed E-state index contributed by atoms with van der Waals surface area (Å²) < 4.78 is 25.0. The standard InChI is InChI=1S/C31H36O6/c1-19(35-24-12-7-6-8-13-24)18-34-28-17-11-16-27-29(28)31(37-23(5)21(3)33)26-15-10-9-14-25(26)30(27)36-22(4)20(2)32/h6-17,19-23,32-33H,18H2,1-5H3. The number of aliphatic hydroxyl groups excluding tert-OH is 2. The van der Waals surface area contributed by atoms with Gasteiger partial charge in [-0.2, -0.15) is 0 Å². The number of ether oxygens (including phenoxy) is 4. The third-order valence-corrected chi connectivity index (χ3v) is 6.43. The van der Waals surface area contributed by atoms with E-state index < -0.39 is 24.4 Å². The number of benzene rings is 4. The maximum Gasteiger partial charge on any atom is 0.139 e. The largest absolute Gasteiger partial charge is 0.489 e. The minimum absolute atomic E-state index is 0.204. The summed E-state index contributed by atoms with van der Waals surface area (Å²) in [6.07, 6.45) is -2.42. The molecule has 4 aromatic rings. The summed E-state index contributed by atoms with van der Waals surface area (Å²) in [7, 11) is 0. The smallest absolute Gasteiger partial charge is 0.139 e. The van der Waals surface area contributed by atoms with Gasteiger partial charge < -0.3 is 29.2 Å². The normalized spacial score (nSPS) is 15.5. The van der Waals surface area contributed by atoms with Crippen LogP contribution in [-0.4, -0.2) is 47.3 Å². The molecule has 6 nitrogen and oxygen atoms in total. The van der Waals surface area contributed by atoms with Gasteiger partial charge in [0.25, 0.3) is 0 Å². The van der Waals surface area contributed by atoms with Crippen molar-refractivity contribution in [2.24, 2.45) is 0 Å². The summed E-state index contributed by atoms with van der Waals surface area (Å²) in [5, 5.41) is 23.6. The van der Waals surface area contributed by atoms with Crippen LogP contribution in [-0.2, 0) is 0 Å². The second-order valence-corrected chi connectivity index (χ2v) is 9.56. The van der Waals surface area contributed by atoms with Crippen LogP contribution in [0.2, 0.25) is 0 Å². The molecule has 0 heterocycles. The van der Waals surface area contributed by atoms with Crippen LogP contribution in [0.1, 0.15) is 34.6 Å². The quantitative estimate of drug-likeness (QED) is 0.239. The number of aliphatic hydroxyl groups is 2. The Morgan fingerprint density at radius 2 is 1.14 bits per heavy atom. The predicted molar refractivity (Wildman–Crippen MR) is 147 cm³/mol. The lowest BCUT2D eigenvalue weighted by Crippen LogP contribution is -2.27. The van der Waals surface area contributed by atoms with Gasteiger partial charge in [0.2, 0.25) is 0 Å². The number of fused-ring (bicyclic) bond motifs is 2. The lowest BCUT2D eigenvalue weighted by atomic mass is 9.99. The van der Waals surface area contributed by atoms with Gasteiger partial charge in [-0.05, 0) is 52.8 Å². The summed E-state index contributed by atoms with van der Waals surface area (Å²) in [4.78, 5) is 0. The summed E-state index contributed by atoms with van der Waals surface area (Å²) in [6, 6.07) is 23.2. The molecule has 0 radical (unpaired) electrons. The minimum atomic E-state index is -0.674. The second kappa shape index (κ2) is 11.7. The fourth-order valence-electron chi connectivity index (χ4n) is 4.02. The van der Waals surface area contributed by atoms with Crippen molar-refractivity contribution >= 4 is 21.5 Å². The van der Waals surface area contributed by atoms with E-state index in [4.69, 9.17) is 18.9 Å². The first-order valence-electron chi connectivity index (χ1n) is 12.8. The second-order valence-electron chi connectivity index (χ2n) is 9.56. The summed E-state index contributed by atoms with van der Waals surface area (Å²) >= 11 is 0. The SMILES string of the molecule is CC(COc1cccc2c(OC(C)C(C)O)c3ccccc3c(OC(C)C(C)O)c12)Oc1ccccc1. The molecule has 0 spiro atoms. The van der Waals surface area contributed by atoms with Crippen molar-refractivity contribution in [1.82, 2.24) is 0 Å². The van der Waals surface area contributed by atoms with E-state index in [1.807, 2.05) is 93.6 Å². The Bertz CT molecular complexity index is 1320. The third kappa shape index (κ3) is 6.09. The number of hydrogen-bond acceptors (Lipinski definition) is 6. The molecule has 0 aliphatic rings. The molecule has 2 N–H and O–H groups in total. The van der Waals surface area contributed by atoms with Gasteiger partial charge >= 0.3 is 0 Å². The zero-order valence-electron chi connectivity index (χ0n) is 22.0. The first kappa shape index (κ1) is 26.6. The van der Waals surface area contributed by atoms with Crippen molar-refractivity contribution < 1.29 is 29.2 Å². The molecule has 196 valence electrons. The van der Waals surface area contributed by atoms with Gasteiger partial charge in [-0.15, -0.1) is 0 Å². The number of para-hydroxylation sites is 1. The molecule has 0 fully saturated rings. The zero-order chi connectivity index (χ0) is 26.5. The highest BCUT2D eigenvalue weighted by atomic mass is 16.5. The van der Waals surface area contributed by atoms with Crippen molar-refractivity contribution in [3.63, 3.8) is 0 Å². The Balaban J connectivity index is 1.82. The molecule has 0 aromatic heterocycles. The molecule has 4 aromatic carbocycles. The number of rotatable bonds is 11. The van der Waals surface area contributed by atoms with E-state index in [1.54, 1.807) is 13.8 Å². The van der Waals surface area contributed by atoms with Crippen LogP contribution in [0.3, 0.4) is 0 Å². The Labute approximate surface area is 218 Å². The van der Waals surface area contributed by atoms with Crippen LogP contribution in [0.15, 0.2) is 72.8 Å². The van der Waals surface area contributed by atoms with E-state index in [-0.39, 0.29) is 6.10 Å². The van der Waals surface area contributed by atoms with E-state index in [1.165, 1.54) is 0 Å². The molecular weight excluding hydrogens is 468 g/mol. The highest BCUT2D eigenvalue weighted by Gasteiger charge is 2.24. The van der Waals surface area contributed by atoms with Gasteiger partial charge in [0.1, 0.15) is 47.9 Å². The van der Waals surface area contributed by atoms with Crippen LogP contribution < -0.4 is 18.9 Å². The van der Waals surface area contributed by atoms with E-state index in [2.05, 4.69) is 0 Å². The van der Waals surface area contributed by atoms with Crippen LogP contribution in [0.4, 0.5) is 0 Å². The Hall–Kier alpha value is -3.48. The fourth-order valence-corrected chi connectivity index (χ4v) is 4.02. The van der Waals surface area contributed by atoms with Crippen LogP contribution in [0.5, 0.6) is 23.0 Å². The van der Waals surface area contributed by atoms with Crippen molar-refractivity contribution in [3.05, 3.63) is 72.8 Å². The minimum Gasteiger partial charge on any atom is -0.489 e. The van der Waals surface area contributed by atoms with Crippen molar-refractivity contribution in [1.29, 1.82) is 0 Å². The molecule has 0 saturated heterocycles. The van der Waals surface area contributed by atoms with Crippen LogP contribution in [0.25, 0.3) is 21.5 Å². The third-order valence-electron chi connectivity index (χ3n) is 6.43. The molecular formula is C31H36O6. The van der Waals surface area contributed by atoms with E-state index in [0.717, 1.165) is 27.3 Å². The molecule has 5 atom stereocenters. The fraction of sp³-hybridized carbons (Fsp3) is 0.355. The van der Waals surface area contributed by atoms with Crippen molar-refractivity contribution in [3.8, 4) is 23.0 Å². The average molecular weight is 505 g/mol. The highest BCUT2D eigenvalue weighted by Crippen LogP contribution is 2.47. The molecule has 0 bridgehead atoms. The molecule has 0 aliphatic heterocycles. The molecule has 5 unspecified atom stereocenters.